The van der Waals surface area contributed by atoms with E-state index in [1.165, 1.54) is 11.3 Å². The fraction of sp³-hybridized carbons (Fsp3) is 0.357. The van der Waals surface area contributed by atoms with Crippen molar-refractivity contribution in [2.24, 2.45) is 7.05 Å². The number of nitrogens with one attached hydrogen (secondary N) is 1. The molecule has 1 N–H and O–H groups in total. The Hall–Kier alpha value is -1.13. The van der Waals surface area contributed by atoms with E-state index in [-0.39, 0.29) is 0 Å². The van der Waals surface area contributed by atoms with Crippen molar-refractivity contribution >= 4 is 15.9 Å². The van der Waals surface area contributed by atoms with Crippen LogP contribution in [-0.4, -0.2) is 9.78 Å². The van der Waals surface area contributed by atoms with Gasteiger partial charge < -0.3 is 5.32 Å². The Morgan fingerprint density at radius 2 is 2.22 bits per heavy atom. The molecule has 0 amide bonds. The number of rotatable bonds is 5. The number of nitrogens with zero attached hydrogens (tertiary/aromatic N) is 2. The first-order valence-corrected chi connectivity index (χ1v) is 6.95. The predicted molar refractivity (Wildman–Crippen MR) is 77.2 cm³/mol. The average Bonchev–Trinajstić information content (AvgIpc) is 2.76. The normalized spacial score (nSPS) is 12.6. The Morgan fingerprint density at radius 1 is 1.39 bits per heavy atom. The molecule has 1 unspecified atom stereocenters. The lowest BCUT2D eigenvalue weighted by Gasteiger charge is -2.17. The van der Waals surface area contributed by atoms with E-state index in [1.54, 1.807) is 0 Å². The van der Waals surface area contributed by atoms with Gasteiger partial charge in [0.05, 0.1) is 5.69 Å². The van der Waals surface area contributed by atoms with Crippen molar-refractivity contribution in [3.8, 4) is 0 Å². The van der Waals surface area contributed by atoms with E-state index in [2.05, 4.69) is 57.5 Å². The molecule has 4 heteroatoms. The third kappa shape index (κ3) is 3.21. The minimum Gasteiger partial charge on any atom is -0.304 e. The highest BCUT2D eigenvalue weighted by Gasteiger charge is 2.09. The van der Waals surface area contributed by atoms with E-state index in [0.29, 0.717) is 6.04 Å². The van der Waals surface area contributed by atoms with Crippen molar-refractivity contribution in [2.75, 3.05) is 0 Å². The van der Waals surface area contributed by atoms with Crippen LogP contribution in [0.25, 0.3) is 0 Å². The quantitative estimate of drug-likeness (QED) is 0.917. The molecule has 3 nitrogen and oxygen atoms in total. The summed E-state index contributed by atoms with van der Waals surface area (Å²) < 4.78 is 3.03. The number of hydrogen-bond acceptors (Lipinski definition) is 2. The second-order valence-electron chi connectivity index (χ2n) is 4.34. The van der Waals surface area contributed by atoms with Crippen LogP contribution in [0, 0.1) is 0 Å². The molecule has 18 heavy (non-hydrogen) atoms. The maximum Gasteiger partial charge on any atom is 0.0518 e. The highest BCUT2D eigenvalue weighted by Crippen LogP contribution is 2.21. The van der Waals surface area contributed by atoms with Gasteiger partial charge in [-0.3, -0.25) is 4.68 Å². The summed E-state index contributed by atoms with van der Waals surface area (Å²) in [6.45, 7) is 3.03. The highest BCUT2D eigenvalue weighted by molar-refractivity contribution is 9.10. The molecule has 1 heterocycles. The number of benzene rings is 1. The molecule has 0 fully saturated rings. The van der Waals surface area contributed by atoms with Gasteiger partial charge in [0, 0.05) is 30.3 Å². The predicted octanol–water partition coefficient (Wildman–Crippen LogP) is 3.42. The molecule has 0 spiro atoms. The van der Waals surface area contributed by atoms with Crippen LogP contribution in [0.15, 0.2) is 41.0 Å². The molecule has 96 valence electrons. The molecular formula is C14H18BrN3. The lowest BCUT2D eigenvalue weighted by atomic mass is 10.0. The Labute approximate surface area is 116 Å². The van der Waals surface area contributed by atoms with Crippen LogP contribution in [0.2, 0.25) is 0 Å². The molecule has 0 radical (unpaired) electrons. The summed E-state index contributed by atoms with van der Waals surface area (Å²) in [5.74, 6) is 0. The van der Waals surface area contributed by atoms with Crippen LogP contribution in [0.5, 0.6) is 0 Å². The summed E-state index contributed by atoms with van der Waals surface area (Å²) in [4.78, 5) is 0. The summed E-state index contributed by atoms with van der Waals surface area (Å²) in [6, 6.07) is 10.9. The summed E-state index contributed by atoms with van der Waals surface area (Å²) in [6.07, 6.45) is 2.89. The fourth-order valence-corrected chi connectivity index (χ4v) is 2.44. The van der Waals surface area contributed by atoms with Crippen LogP contribution in [0.4, 0.5) is 0 Å². The monoisotopic (exact) mass is 307 g/mol. The maximum absolute atomic E-state index is 4.18. The largest absolute Gasteiger partial charge is 0.304 e. The second-order valence-corrected chi connectivity index (χ2v) is 5.26. The van der Waals surface area contributed by atoms with Gasteiger partial charge in [0.1, 0.15) is 0 Å². The van der Waals surface area contributed by atoms with Gasteiger partial charge in [0.2, 0.25) is 0 Å². The minimum absolute atomic E-state index is 0.373. The topological polar surface area (TPSA) is 29.9 Å². The number of aryl methyl sites for hydroxylation is 1. The molecule has 2 rings (SSSR count). The third-order valence-electron chi connectivity index (χ3n) is 3.11. The Bertz CT molecular complexity index is 507. The number of halogens is 1. The molecule has 0 saturated heterocycles. The van der Waals surface area contributed by atoms with Crippen LogP contribution in [0.1, 0.15) is 30.6 Å². The van der Waals surface area contributed by atoms with Crippen LogP contribution >= 0.6 is 15.9 Å². The van der Waals surface area contributed by atoms with Gasteiger partial charge in [-0.05, 0) is 30.2 Å². The van der Waals surface area contributed by atoms with E-state index in [0.717, 1.165) is 17.4 Å². The molecule has 1 aromatic heterocycles. The molecule has 0 saturated carbocycles. The van der Waals surface area contributed by atoms with E-state index < -0.39 is 0 Å². The number of aromatic nitrogens is 2. The first-order chi connectivity index (χ1) is 8.70. The number of hydrogen-bond donors (Lipinski definition) is 1. The summed E-state index contributed by atoms with van der Waals surface area (Å²) in [5.41, 5.74) is 2.51. The Morgan fingerprint density at radius 3 is 2.83 bits per heavy atom. The molecule has 2 aromatic rings. The average molecular weight is 308 g/mol. The molecule has 0 aliphatic heterocycles. The maximum atomic E-state index is 4.18. The SMILES string of the molecule is CCC(NCc1ccnn1C)c1cccc(Br)c1. The van der Waals surface area contributed by atoms with Crippen molar-refractivity contribution in [1.29, 1.82) is 0 Å². The minimum atomic E-state index is 0.373. The summed E-state index contributed by atoms with van der Waals surface area (Å²) in [5, 5.41) is 7.75. The van der Waals surface area contributed by atoms with Gasteiger partial charge in [-0.25, -0.2) is 0 Å². The van der Waals surface area contributed by atoms with Crippen LogP contribution in [-0.2, 0) is 13.6 Å². The van der Waals surface area contributed by atoms with Crippen molar-refractivity contribution in [3.05, 3.63) is 52.3 Å². The summed E-state index contributed by atoms with van der Waals surface area (Å²) in [7, 11) is 1.97. The van der Waals surface area contributed by atoms with Gasteiger partial charge in [0.15, 0.2) is 0 Å². The molecule has 0 aliphatic carbocycles. The molecule has 1 aromatic carbocycles. The lowest BCUT2D eigenvalue weighted by molar-refractivity contribution is 0.503. The van der Waals surface area contributed by atoms with E-state index in [4.69, 9.17) is 0 Å². The first-order valence-electron chi connectivity index (χ1n) is 6.16. The molecule has 0 aliphatic rings. The third-order valence-corrected chi connectivity index (χ3v) is 3.60. The first kappa shape index (κ1) is 13.3. The van der Waals surface area contributed by atoms with Crippen molar-refractivity contribution in [3.63, 3.8) is 0 Å². The van der Waals surface area contributed by atoms with Crippen molar-refractivity contribution < 1.29 is 0 Å². The van der Waals surface area contributed by atoms with Gasteiger partial charge in [-0.2, -0.15) is 5.10 Å². The van der Waals surface area contributed by atoms with Gasteiger partial charge in [-0.15, -0.1) is 0 Å². The molecular weight excluding hydrogens is 290 g/mol. The second kappa shape index (κ2) is 6.16. The summed E-state index contributed by atoms with van der Waals surface area (Å²) >= 11 is 3.52. The van der Waals surface area contributed by atoms with Crippen molar-refractivity contribution in [2.45, 2.75) is 25.9 Å². The zero-order valence-electron chi connectivity index (χ0n) is 10.7. The van der Waals surface area contributed by atoms with Gasteiger partial charge in [-0.1, -0.05) is 35.0 Å². The van der Waals surface area contributed by atoms with Gasteiger partial charge in [0.25, 0.3) is 0 Å². The van der Waals surface area contributed by atoms with E-state index in [9.17, 15) is 0 Å². The zero-order chi connectivity index (χ0) is 13.0. The Balaban J connectivity index is 2.04. The van der Waals surface area contributed by atoms with E-state index >= 15 is 0 Å². The van der Waals surface area contributed by atoms with Gasteiger partial charge >= 0.3 is 0 Å². The molecule has 0 bridgehead atoms. The van der Waals surface area contributed by atoms with Crippen LogP contribution in [0.3, 0.4) is 0 Å². The van der Waals surface area contributed by atoms with E-state index in [1.807, 2.05) is 24.0 Å². The molecule has 1 atom stereocenters. The van der Waals surface area contributed by atoms with Crippen LogP contribution < -0.4 is 5.32 Å². The highest BCUT2D eigenvalue weighted by atomic mass is 79.9. The Kier molecular flexibility index (Phi) is 4.55. The standard InChI is InChI=1S/C14H18BrN3/c1-3-14(11-5-4-6-12(15)9-11)16-10-13-7-8-17-18(13)2/h4-9,14,16H,3,10H2,1-2H3. The zero-order valence-corrected chi connectivity index (χ0v) is 12.3. The smallest absolute Gasteiger partial charge is 0.0518 e. The van der Waals surface area contributed by atoms with Crippen molar-refractivity contribution in [1.82, 2.24) is 15.1 Å². The lowest BCUT2D eigenvalue weighted by Crippen LogP contribution is -2.21. The fourth-order valence-electron chi connectivity index (χ4n) is 2.02.